The molecule has 4 heteroatoms. The number of morpholine rings is 1. The predicted octanol–water partition coefficient (Wildman–Crippen LogP) is 1.52. The number of fused-ring (bicyclic) bond motifs is 1. The molecule has 4 nitrogen and oxygen atoms in total. The van der Waals surface area contributed by atoms with Crippen LogP contribution < -0.4 is 5.32 Å². The molecule has 0 aromatic heterocycles. The molecule has 1 N–H and O–H groups in total. The number of ether oxygens (including phenoxy) is 1. The standard InChI is InChI=1S/C14H18N2O2/c17-14(16-6-8-18-9-7-16)12-3-4-13-11(10-12)2-1-5-15-13/h3-4,10,15H,1-2,5-9H2. The van der Waals surface area contributed by atoms with E-state index in [1.807, 2.05) is 23.1 Å². The molecule has 0 saturated carbocycles. The Labute approximate surface area is 107 Å². The van der Waals surface area contributed by atoms with Crippen LogP contribution in [0.2, 0.25) is 0 Å². The lowest BCUT2D eigenvalue weighted by atomic mass is 10.0. The van der Waals surface area contributed by atoms with Gasteiger partial charge in [-0.15, -0.1) is 0 Å². The molecule has 0 aliphatic carbocycles. The van der Waals surface area contributed by atoms with Crippen molar-refractivity contribution >= 4 is 11.6 Å². The van der Waals surface area contributed by atoms with Gasteiger partial charge in [0.2, 0.25) is 0 Å². The minimum atomic E-state index is 0.131. The number of hydrogen-bond donors (Lipinski definition) is 1. The summed E-state index contributed by atoms with van der Waals surface area (Å²) in [4.78, 5) is 14.2. The average Bonchev–Trinajstić information content (AvgIpc) is 2.47. The van der Waals surface area contributed by atoms with Crippen LogP contribution in [0, 0.1) is 0 Å². The molecular weight excluding hydrogens is 228 g/mol. The van der Waals surface area contributed by atoms with Crippen molar-refractivity contribution in [1.82, 2.24) is 4.90 Å². The molecule has 2 heterocycles. The van der Waals surface area contributed by atoms with E-state index in [4.69, 9.17) is 4.74 Å². The first-order valence-corrected chi connectivity index (χ1v) is 6.58. The normalized spacial score (nSPS) is 19.0. The van der Waals surface area contributed by atoms with Crippen molar-refractivity contribution in [2.24, 2.45) is 0 Å². The highest BCUT2D eigenvalue weighted by Crippen LogP contribution is 2.23. The molecule has 2 aliphatic rings. The average molecular weight is 246 g/mol. The number of carbonyl (C=O) groups is 1. The van der Waals surface area contributed by atoms with Gasteiger partial charge in [-0.2, -0.15) is 0 Å². The Morgan fingerprint density at radius 3 is 2.94 bits per heavy atom. The van der Waals surface area contributed by atoms with E-state index in [0.29, 0.717) is 26.3 Å². The third kappa shape index (κ3) is 2.20. The Balaban J connectivity index is 1.80. The predicted molar refractivity (Wildman–Crippen MR) is 70.0 cm³/mol. The van der Waals surface area contributed by atoms with Crippen LogP contribution in [0.25, 0.3) is 0 Å². The molecule has 1 fully saturated rings. The van der Waals surface area contributed by atoms with Crippen LogP contribution in [0.1, 0.15) is 22.3 Å². The third-order valence-electron chi connectivity index (χ3n) is 3.59. The van der Waals surface area contributed by atoms with Gasteiger partial charge in [0, 0.05) is 30.9 Å². The molecule has 1 amide bonds. The van der Waals surface area contributed by atoms with Gasteiger partial charge >= 0.3 is 0 Å². The van der Waals surface area contributed by atoms with E-state index in [1.165, 1.54) is 11.3 Å². The molecule has 3 rings (SSSR count). The van der Waals surface area contributed by atoms with Gasteiger partial charge in [-0.25, -0.2) is 0 Å². The summed E-state index contributed by atoms with van der Waals surface area (Å²) in [7, 11) is 0. The van der Waals surface area contributed by atoms with Gasteiger partial charge in [-0.05, 0) is 36.6 Å². The molecule has 0 spiro atoms. The minimum absolute atomic E-state index is 0.131. The van der Waals surface area contributed by atoms with Gasteiger partial charge in [0.15, 0.2) is 0 Å². The maximum Gasteiger partial charge on any atom is 0.254 e. The largest absolute Gasteiger partial charge is 0.385 e. The highest BCUT2D eigenvalue weighted by molar-refractivity contribution is 5.95. The summed E-state index contributed by atoms with van der Waals surface area (Å²) in [5.74, 6) is 0.131. The summed E-state index contributed by atoms with van der Waals surface area (Å²) in [6, 6.07) is 6.00. The number of carbonyl (C=O) groups excluding carboxylic acids is 1. The van der Waals surface area contributed by atoms with Crippen LogP contribution in [0.15, 0.2) is 18.2 Å². The molecule has 1 saturated heterocycles. The van der Waals surface area contributed by atoms with E-state index in [9.17, 15) is 4.79 Å². The first-order valence-electron chi connectivity index (χ1n) is 6.58. The summed E-state index contributed by atoms with van der Waals surface area (Å²) in [6.45, 7) is 3.74. The topological polar surface area (TPSA) is 41.6 Å². The van der Waals surface area contributed by atoms with Crippen molar-refractivity contribution in [2.75, 3.05) is 38.2 Å². The van der Waals surface area contributed by atoms with Gasteiger partial charge in [-0.3, -0.25) is 4.79 Å². The van der Waals surface area contributed by atoms with Crippen LogP contribution in [-0.2, 0) is 11.2 Å². The van der Waals surface area contributed by atoms with Crippen molar-refractivity contribution in [3.05, 3.63) is 29.3 Å². The Bertz CT molecular complexity index is 453. The second kappa shape index (κ2) is 4.98. The van der Waals surface area contributed by atoms with Crippen LogP contribution in [0.4, 0.5) is 5.69 Å². The fourth-order valence-corrected chi connectivity index (χ4v) is 2.56. The Kier molecular flexibility index (Phi) is 3.19. The van der Waals surface area contributed by atoms with Crippen LogP contribution in [0.3, 0.4) is 0 Å². The molecule has 0 atom stereocenters. The Morgan fingerprint density at radius 1 is 1.28 bits per heavy atom. The van der Waals surface area contributed by atoms with Crippen LogP contribution in [0.5, 0.6) is 0 Å². The quantitative estimate of drug-likeness (QED) is 0.817. The number of nitrogens with one attached hydrogen (secondary N) is 1. The lowest BCUT2D eigenvalue weighted by molar-refractivity contribution is 0.0303. The van der Waals surface area contributed by atoms with Gasteiger partial charge in [0.05, 0.1) is 13.2 Å². The maximum atomic E-state index is 12.3. The fraction of sp³-hybridized carbons (Fsp3) is 0.500. The van der Waals surface area contributed by atoms with E-state index < -0.39 is 0 Å². The summed E-state index contributed by atoms with van der Waals surface area (Å²) in [6.07, 6.45) is 2.20. The highest BCUT2D eigenvalue weighted by atomic mass is 16.5. The fourth-order valence-electron chi connectivity index (χ4n) is 2.56. The van der Waals surface area contributed by atoms with Gasteiger partial charge in [0.1, 0.15) is 0 Å². The van der Waals surface area contributed by atoms with Crippen molar-refractivity contribution in [3.63, 3.8) is 0 Å². The number of amides is 1. The first kappa shape index (κ1) is 11.5. The molecule has 96 valence electrons. The summed E-state index contributed by atoms with van der Waals surface area (Å²) in [5.41, 5.74) is 3.25. The zero-order valence-electron chi connectivity index (χ0n) is 10.4. The minimum Gasteiger partial charge on any atom is -0.385 e. The van der Waals surface area contributed by atoms with Crippen molar-refractivity contribution in [1.29, 1.82) is 0 Å². The van der Waals surface area contributed by atoms with Crippen molar-refractivity contribution in [3.8, 4) is 0 Å². The highest BCUT2D eigenvalue weighted by Gasteiger charge is 2.19. The van der Waals surface area contributed by atoms with Gasteiger partial charge in [0.25, 0.3) is 5.91 Å². The van der Waals surface area contributed by atoms with Gasteiger partial charge in [-0.1, -0.05) is 0 Å². The lowest BCUT2D eigenvalue weighted by Crippen LogP contribution is -2.40. The zero-order valence-corrected chi connectivity index (χ0v) is 10.4. The van der Waals surface area contributed by atoms with Crippen LogP contribution in [-0.4, -0.2) is 43.7 Å². The van der Waals surface area contributed by atoms with E-state index in [1.54, 1.807) is 0 Å². The zero-order chi connectivity index (χ0) is 12.4. The number of aryl methyl sites for hydroxylation is 1. The second-order valence-electron chi connectivity index (χ2n) is 4.81. The van der Waals surface area contributed by atoms with E-state index in [-0.39, 0.29) is 5.91 Å². The molecule has 1 aromatic carbocycles. The number of anilines is 1. The molecule has 0 unspecified atom stereocenters. The van der Waals surface area contributed by atoms with Crippen molar-refractivity contribution in [2.45, 2.75) is 12.8 Å². The van der Waals surface area contributed by atoms with E-state index in [0.717, 1.165) is 24.9 Å². The third-order valence-corrected chi connectivity index (χ3v) is 3.59. The SMILES string of the molecule is O=C(c1ccc2c(c1)CCCN2)N1CCOCC1. The molecular formula is C14H18N2O2. The lowest BCUT2D eigenvalue weighted by Gasteiger charge is -2.27. The number of benzene rings is 1. The molecule has 0 radical (unpaired) electrons. The van der Waals surface area contributed by atoms with E-state index in [2.05, 4.69) is 5.32 Å². The summed E-state index contributed by atoms with van der Waals surface area (Å²) < 4.78 is 5.27. The van der Waals surface area contributed by atoms with E-state index >= 15 is 0 Å². The molecule has 2 aliphatic heterocycles. The number of hydrogen-bond acceptors (Lipinski definition) is 3. The first-order chi connectivity index (χ1) is 8.84. The monoisotopic (exact) mass is 246 g/mol. The number of nitrogens with zero attached hydrogens (tertiary/aromatic N) is 1. The summed E-state index contributed by atoms with van der Waals surface area (Å²) in [5, 5.41) is 3.36. The maximum absolute atomic E-state index is 12.3. The van der Waals surface area contributed by atoms with Crippen molar-refractivity contribution < 1.29 is 9.53 Å². The molecule has 0 bridgehead atoms. The molecule has 18 heavy (non-hydrogen) atoms. The van der Waals surface area contributed by atoms with Crippen LogP contribution >= 0.6 is 0 Å². The molecule has 1 aromatic rings. The number of rotatable bonds is 1. The Morgan fingerprint density at radius 2 is 2.11 bits per heavy atom. The smallest absolute Gasteiger partial charge is 0.254 e. The Hall–Kier alpha value is -1.55. The second-order valence-corrected chi connectivity index (χ2v) is 4.81. The summed E-state index contributed by atoms with van der Waals surface area (Å²) >= 11 is 0. The van der Waals surface area contributed by atoms with Gasteiger partial charge < -0.3 is 15.0 Å².